The molecule has 60 heavy (non-hydrogen) atoms. The first kappa shape index (κ1) is 42.9. The van der Waals surface area contributed by atoms with Crippen molar-refractivity contribution in [1.29, 1.82) is 0 Å². The van der Waals surface area contributed by atoms with Crippen LogP contribution in [0, 0.1) is 0 Å². The topological polar surface area (TPSA) is 165 Å². The van der Waals surface area contributed by atoms with Crippen LogP contribution in [0.3, 0.4) is 0 Å². The number of fused-ring (bicyclic) bond motifs is 3. The van der Waals surface area contributed by atoms with Gasteiger partial charge in [-0.1, -0.05) is 98.5 Å². The molecule has 1 amide bonds. The lowest BCUT2D eigenvalue weighted by molar-refractivity contribution is 0.0695. The zero-order valence-corrected chi connectivity index (χ0v) is 32.6. The second-order valence-corrected chi connectivity index (χ2v) is 15.3. The second-order valence-electron chi connectivity index (χ2n) is 13.9. The van der Waals surface area contributed by atoms with E-state index >= 15 is 0 Å². The van der Waals surface area contributed by atoms with Gasteiger partial charge in [0.05, 0.1) is 37.9 Å². The SMILES string of the molecule is C.C.O=C(O)c1cccc(Cc2n[nH]c(=O)c3ccccc23)c1.O=C(c1cccc(Cc2n[nH]c(=O)c3ccccc23)c1)N1CCCN(c2nc3ccc(Cl)cc3s2)CC1. The Morgan fingerprint density at radius 3 is 1.83 bits per heavy atom. The molecular weight excluding hydrogens is 798 g/mol. The molecule has 0 bridgehead atoms. The van der Waals surface area contributed by atoms with Crippen molar-refractivity contribution in [2.45, 2.75) is 34.1 Å². The fraction of sp³-hybridized carbons (Fsp3) is 0.196. The molecule has 0 radical (unpaired) electrons. The number of aromatic nitrogens is 5. The average molecular weight is 842 g/mol. The van der Waals surface area contributed by atoms with Crippen LogP contribution >= 0.6 is 22.9 Å². The van der Waals surface area contributed by atoms with E-state index in [1.165, 1.54) is 0 Å². The highest BCUT2D eigenvalue weighted by Gasteiger charge is 2.23. The summed E-state index contributed by atoms with van der Waals surface area (Å²) >= 11 is 7.78. The predicted molar refractivity (Wildman–Crippen MR) is 241 cm³/mol. The Hall–Kier alpha value is -6.70. The maximum Gasteiger partial charge on any atom is 0.335 e. The zero-order chi connectivity index (χ0) is 40.2. The van der Waals surface area contributed by atoms with Gasteiger partial charge in [-0.15, -0.1) is 0 Å². The number of anilines is 1. The van der Waals surface area contributed by atoms with Crippen LogP contribution in [0.4, 0.5) is 5.13 Å². The first-order valence-electron chi connectivity index (χ1n) is 18.6. The normalized spacial score (nSPS) is 12.6. The monoisotopic (exact) mass is 841 g/mol. The van der Waals surface area contributed by atoms with E-state index in [9.17, 15) is 19.2 Å². The number of aromatic amines is 2. The van der Waals surface area contributed by atoms with Crippen molar-refractivity contribution in [3.8, 4) is 0 Å². The second kappa shape index (κ2) is 18.9. The van der Waals surface area contributed by atoms with Gasteiger partial charge in [0.25, 0.3) is 17.0 Å². The first-order valence-corrected chi connectivity index (χ1v) is 19.8. The molecular formula is C46H44ClN7O5S. The Labute approximate surface area is 355 Å². The van der Waals surface area contributed by atoms with Crippen LogP contribution in [-0.4, -0.2) is 73.4 Å². The smallest absolute Gasteiger partial charge is 0.335 e. The molecule has 3 aromatic heterocycles. The number of H-pyrrole nitrogens is 2. The van der Waals surface area contributed by atoms with Crippen LogP contribution in [0.15, 0.2) is 125 Å². The fourth-order valence-electron chi connectivity index (χ4n) is 7.14. The van der Waals surface area contributed by atoms with Gasteiger partial charge in [0.1, 0.15) is 0 Å². The van der Waals surface area contributed by atoms with Crippen LogP contribution in [0.1, 0.15) is 64.5 Å². The number of nitrogens with one attached hydrogen (secondary N) is 2. The van der Waals surface area contributed by atoms with Gasteiger partial charge in [0.2, 0.25) is 0 Å². The van der Waals surface area contributed by atoms with Crippen molar-refractivity contribution < 1.29 is 14.7 Å². The third-order valence-corrected chi connectivity index (χ3v) is 11.3. The summed E-state index contributed by atoms with van der Waals surface area (Å²) in [4.78, 5) is 57.3. The number of carboxylic acids is 1. The van der Waals surface area contributed by atoms with Gasteiger partial charge >= 0.3 is 5.97 Å². The summed E-state index contributed by atoms with van der Waals surface area (Å²) < 4.78 is 1.07. The minimum Gasteiger partial charge on any atom is -0.478 e. The molecule has 8 aromatic rings. The number of aromatic carboxylic acids is 1. The molecule has 9 rings (SSSR count). The van der Waals surface area contributed by atoms with Crippen molar-refractivity contribution in [3.63, 3.8) is 0 Å². The maximum atomic E-state index is 13.5. The number of benzene rings is 5. The molecule has 5 aromatic carbocycles. The van der Waals surface area contributed by atoms with E-state index in [0.29, 0.717) is 53.0 Å². The van der Waals surface area contributed by atoms with Gasteiger partial charge < -0.3 is 14.9 Å². The summed E-state index contributed by atoms with van der Waals surface area (Å²) in [5, 5.41) is 26.9. The Morgan fingerprint density at radius 2 is 1.23 bits per heavy atom. The number of amides is 1. The number of hydrogen-bond donors (Lipinski definition) is 3. The number of carbonyl (C=O) groups is 2. The lowest BCUT2D eigenvalue weighted by atomic mass is 10.0. The first-order chi connectivity index (χ1) is 28.2. The molecule has 0 unspecified atom stereocenters. The summed E-state index contributed by atoms with van der Waals surface area (Å²) in [6.45, 7) is 2.91. The van der Waals surface area contributed by atoms with E-state index in [0.717, 1.165) is 62.5 Å². The number of carbonyl (C=O) groups excluding carboxylic acids is 1. The number of carboxylic acid groups (broad SMARTS) is 1. The molecule has 1 aliphatic rings. The van der Waals surface area contributed by atoms with E-state index in [1.807, 2.05) is 83.8 Å². The molecule has 0 aliphatic carbocycles. The van der Waals surface area contributed by atoms with E-state index in [4.69, 9.17) is 21.7 Å². The summed E-state index contributed by atoms with van der Waals surface area (Å²) in [5.41, 5.74) is 4.72. The van der Waals surface area contributed by atoms with E-state index in [-0.39, 0.29) is 37.4 Å². The third kappa shape index (κ3) is 9.43. The van der Waals surface area contributed by atoms with E-state index in [1.54, 1.807) is 47.7 Å². The van der Waals surface area contributed by atoms with Crippen LogP contribution in [-0.2, 0) is 12.8 Å². The molecule has 12 nitrogen and oxygen atoms in total. The van der Waals surface area contributed by atoms with Gasteiger partial charge in [-0.2, -0.15) is 10.2 Å². The molecule has 1 aliphatic heterocycles. The van der Waals surface area contributed by atoms with Crippen LogP contribution in [0.25, 0.3) is 31.8 Å². The van der Waals surface area contributed by atoms with Gasteiger partial charge in [-0.05, 0) is 72.1 Å². The van der Waals surface area contributed by atoms with E-state index < -0.39 is 5.97 Å². The molecule has 3 N–H and O–H groups in total. The molecule has 4 heterocycles. The number of thiazole rings is 1. The number of nitrogens with zero attached hydrogens (tertiary/aromatic N) is 5. The summed E-state index contributed by atoms with van der Waals surface area (Å²) in [5.74, 6) is -0.935. The standard InChI is InChI=1S/C28H24ClN5O2S.C16H12N2O3.2CH4/c29-20-9-10-23-25(17-20)37-28(30-23)34-12-4-11-33(13-14-34)27(36)19-6-3-5-18(15-19)16-24-21-7-1-2-8-22(21)26(35)32-31-24;19-15-13-7-2-1-6-12(13)14(17-18-15)9-10-4-3-5-11(8-10)16(20)21;;/h1-3,5-10,15,17H,4,11-14,16H2,(H,32,35);1-8H,9H2,(H,18,19)(H,20,21);2*1H4. The van der Waals surface area contributed by atoms with Gasteiger partial charge in [-0.3, -0.25) is 14.4 Å². The van der Waals surface area contributed by atoms with Gasteiger partial charge in [0, 0.05) is 60.4 Å². The zero-order valence-electron chi connectivity index (χ0n) is 31.0. The highest BCUT2D eigenvalue weighted by molar-refractivity contribution is 7.22. The molecule has 14 heteroatoms. The third-order valence-electron chi connectivity index (χ3n) is 10.0. The van der Waals surface area contributed by atoms with Crippen molar-refractivity contribution in [3.05, 3.63) is 175 Å². The largest absolute Gasteiger partial charge is 0.478 e. The van der Waals surface area contributed by atoms with Crippen LogP contribution < -0.4 is 16.0 Å². The summed E-state index contributed by atoms with van der Waals surface area (Å²) in [6, 6.07) is 34.8. The Kier molecular flexibility index (Phi) is 13.5. The summed E-state index contributed by atoms with van der Waals surface area (Å²) in [7, 11) is 0. The molecule has 0 spiro atoms. The van der Waals surface area contributed by atoms with Crippen molar-refractivity contribution >= 4 is 71.7 Å². The van der Waals surface area contributed by atoms with Crippen LogP contribution in [0.2, 0.25) is 5.02 Å². The fourth-order valence-corrected chi connectivity index (χ4v) is 8.44. The van der Waals surface area contributed by atoms with Crippen LogP contribution in [0.5, 0.6) is 0 Å². The Balaban J connectivity index is 0.000000224. The van der Waals surface area contributed by atoms with E-state index in [2.05, 4.69) is 25.3 Å². The lowest BCUT2D eigenvalue weighted by Gasteiger charge is -2.22. The lowest BCUT2D eigenvalue weighted by Crippen LogP contribution is -2.35. The van der Waals surface area contributed by atoms with Crippen molar-refractivity contribution in [2.24, 2.45) is 0 Å². The minimum atomic E-state index is -0.962. The number of rotatable bonds is 7. The molecule has 1 fully saturated rings. The van der Waals surface area contributed by atoms with Gasteiger partial charge in [0.15, 0.2) is 5.13 Å². The van der Waals surface area contributed by atoms with Crippen molar-refractivity contribution in [2.75, 3.05) is 31.1 Å². The Bertz CT molecular complexity index is 2950. The summed E-state index contributed by atoms with van der Waals surface area (Å²) in [6.07, 6.45) is 1.85. The van der Waals surface area contributed by atoms with Gasteiger partial charge in [-0.25, -0.2) is 20.0 Å². The van der Waals surface area contributed by atoms with Crippen molar-refractivity contribution in [1.82, 2.24) is 30.3 Å². The molecule has 1 saturated heterocycles. The average Bonchev–Trinajstić information content (AvgIpc) is 3.50. The predicted octanol–water partition coefficient (Wildman–Crippen LogP) is 8.61. The molecule has 0 saturated carbocycles. The highest BCUT2D eigenvalue weighted by atomic mass is 35.5. The maximum absolute atomic E-state index is 13.5. The Morgan fingerprint density at radius 1 is 0.667 bits per heavy atom. The quantitative estimate of drug-likeness (QED) is 0.143. The molecule has 306 valence electrons. The highest BCUT2D eigenvalue weighted by Crippen LogP contribution is 2.31. The number of halogens is 1. The minimum absolute atomic E-state index is 0. The number of hydrogen-bond acceptors (Lipinski definition) is 9. The molecule has 0 atom stereocenters.